The molecule has 0 aromatic heterocycles. The fraction of sp³-hybridized carbons (Fsp3) is 0.833. The molecule has 21 heavy (non-hydrogen) atoms. The van der Waals surface area contributed by atoms with Gasteiger partial charge in [0.15, 0.2) is 0 Å². The van der Waals surface area contributed by atoms with Crippen molar-refractivity contribution in [3.05, 3.63) is 16.6 Å². The molecule has 0 spiro atoms. The van der Waals surface area contributed by atoms with Gasteiger partial charge in [-0.05, 0) is 68.6 Å². The SMILES string of the molecule is C[C@]12CCC3C4CCC(N=O)C=C4CCC3C1CCC2=O. The third-order valence-electron chi connectivity index (χ3n) is 7.28. The van der Waals surface area contributed by atoms with Gasteiger partial charge in [-0.25, -0.2) is 0 Å². The van der Waals surface area contributed by atoms with Crippen LogP contribution in [-0.2, 0) is 4.79 Å². The molecule has 0 bridgehead atoms. The lowest BCUT2D eigenvalue weighted by Crippen LogP contribution is -2.46. The van der Waals surface area contributed by atoms with Gasteiger partial charge in [0, 0.05) is 11.8 Å². The minimum Gasteiger partial charge on any atom is -0.299 e. The fourth-order valence-corrected chi connectivity index (χ4v) is 6.17. The number of hydrogen-bond acceptors (Lipinski definition) is 3. The number of allylic oxidation sites excluding steroid dienone is 1. The monoisotopic (exact) mass is 287 g/mol. The van der Waals surface area contributed by atoms with E-state index in [4.69, 9.17) is 0 Å². The van der Waals surface area contributed by atoms with Crippen molar-refractivity contribution in [1.29, 1.82) is 0 Å². The molecular formula is C18H25NO2. The number of fused-ring (bicyclic) bond motifs is 5. The van der Waals surface area contributed by atoms with Gasteiger partial charge in [-0.15, -0.1) is 0 Å². The van der Waals surface area contributed by atoms with Crippen molar-refractivity contribution in [2.45, 2.75) is 64.3 Å². The Kier molecular flexibility index (Phi) is 3.09. The Bertz CT molecular complexity index is 511. The van der Waals surface area contributed by atoms with Gasteiger partial charge in [0.1, 0.15) is 11.8 Å². The van der Waals surface area contributed by atoms with Crippen LogP contribution in [0.1, 0.15) is 58.3 Å². The van der Waals surface area contributed by atoms with Crippen molar-refractivity contribution in [1.82, 2.24) is 0 Å². The number of nitrogens with zero attached hydrogens (tertiary/aromatic N) is 1. The van der Waals surface area contributed by atoms with Crippen molar-refractivity contribution in [3.8, 4) is 0 Å². The topological polar surface area (TPSA) is 46.5 Å². The first-order valence-corrected chi connectivity index (χ1v) is 8.70. The second kappa shape index (κ2) is 4.76. The summed E-state index contributed by atoms with van der Waals surface area (Å²) in [5.74, 6) is 3.36. The molecule has 4 rings (SSSR count). The normalized spacial score (nSPS) is 48.9. The van der Waals surface area contributed by atoms with Crippen LogP contribution >= 0.6 is 0 Å². The zero-order valence-corrected chi connectivity index (χ0v) is 12.9. The molecule has 114 valence electrons. The Morgan fingerprint density at radius 1 is 1.10 bits per heavy atom. The average Bonchev–Trinajstić information content (AvgIpc) is 2.82. The third kappa shape index (κ3) is 1.89. The van der Waals surface area contributed by atoms with Gasteiger partial charge in [-0.3, -0.25) is 4.79 Å². The molecule has 3 saturated carbocycles. The van der Waals surface area contributed by atoms with E-state index in [9.17, 15) is 9.70 Å². The third-order valence-corrected chi connectivity index (χ3v) is 7.28. The molecule has 3 nitrogen and oxygen atoms in total. The van der Waals surface area contributed by atoms with Crippen LogP contribution in [0.15, 0.2) is 16.8 Å². The van der Waals surface area contributed by atoms with E-state index in [0.29, 0.717) is 17.6 Å². The second-order valence-electron chi connectivity index (χ2n) is 7.99. The molecule has 0 aromatic rings. The van der Waals surface area contributed by atoms with E-state index in [0.717, 1.165) is 50.4 Å². The van der Waals surface area contributed by atoms with Gasteiger partial charge in [-0.1, -0.05) is 23.7 Å². The van der Waals surface area contributed by atoms with E-state index < -0.39 is 0 Å². The molecule has 4 aliphatic rings. The lowest BCUT2D eigenvalue weighted by molar-refractivity contribution is -0.131. The van der Waals surface area contributed by atoms with Crippen molar-refractivity contribution < 1.29 is 4.79 Å². The highest BCUT2D eigenvalue weighted by atomic mass is 16.3. The van der Waals surface area contributed by atoms with Crippen LogP contribution in [0, 0.1) is 34.0 Å². The summed E-state index contributed by atoms with van der Waals surface area (Å²) in [6, 6.07) is -0.0743. The van der Waals surface area contributed by atoms with Gasteiger partial charge in [0.2, 0.25) is 0 Å². The minimum absolute atomic E-state index is 0.00998. The number of nitroso groups, excluding NO2 is 1. The van der Waals surface area contributed by atoms with Gasteiger partial charge in [0.05, 0.1) is 0 Å². The van der Waals surface area contributed by atoms with Gasteiger partial charge < -0.3 is 0 Å². The maximum atomic E-state index is 12.3. The fourth-order valence-electron chi connectivity index (χ4n) is 6.17. The zero-order chi connectivity index (χ0) is 14.6. The van der Waals surface area contributed by atoms with Gasteiger partial charge in [-0.2, -0.15) is 4.91 Å². The molecule has 3 fully saturated rings. The maximum absolute atomic E-state index is 12.3. The van der Waals surface area contributed by atoms with Crippen LogP contribution in [0.2, 0.25) is 0 Å². The Balaban J connectivity index is 1.61. The Labute approximate surface area is 126 Å². The summed E-state index contributed by atoms with van der Waals surface area (Å²) in [6.45, 7) is 2.24. The van der Waals surface area contributed by atoms with E-state index in [2.05, 4.69) is 18.2 Å². The quantitative estimate of drug-likeness (QED) is 0.534. The van der Waals surface area contributed by atoms with Crippen LogP contribution < -0.4 is 0 Å². The summed E-state index contributed by atoms with van der Waals surface area (Å²) in [5, 5.41) is 3.25. The van der Waals surface area contributed by atoms with E-state index in [-0.39, 0.29) is 11.5 Å². The van der Waals surface area contributed by atoms with Crippen LogP contribution in [0.25, 0.3) is 0 Å². The van der Waals surface area contributed by atoms with Crippen LogP contribution in [0.5, 0.6) is 0 Å². The number of rotatable bonds is 1. The Morgan fingerprint density at radius 2 is 1.95 bits per heavy atom. The molecule has 3 heteroatoms. The highest BCUT2D eigenvalue weighted by Gasteiger charge is 2.56. The Morgan fingerprint density at radius 3 is 2.76 bits per heavy atom. The largest absolute Gasteiger partial charge is 0.299 e. The highest BCUT2D eigenvalue weighted by Crippen LogP contribution is 2.60. The smallest absolute Gasteiger partial charge is 0.139 e. The number of carbonyl (C=O) groups excluding carboxylic acids is 1. The van der Waals surface area contributed by atoms with E-state index >= 15 is 0 Å². The molecule has 0 heterocycles. The van der Waals surface area contributed by atoms with Crippen LogP contribution in [0.4, 0.5) is 0 Å². The molecule has 0 N–H and O–H groups in total. The predicted octanol–water partition coefficient (Wildman–Crippen LogP) is 4.26. The number of hydrogen-bond donors (Lipinski definition) is 0. The summed E-state index contributed by atoms with van der Waals surface area (Å²) in [4.78, 5) is 23.1. The summed E-state index contributed by atoms with van der Waals surface area (Å²) >= 11 is 0. The minimum atomic E-state index is -0.0743. The molecule has 4 aliphatic carbocycles. The number of Topliss-reactive ketones (excluding diaryl/α,β-unsaturated/α-hetero) is 1. The van der Waals surface area contributed by atoms with Crippen LogP contribution in [-0.4, -0.2) is 11.8 Å². The number of ketones is 1. The maximum Gasteiger partial charge on any atom is 0.139 e. The van der Waals surface area contributed by atoms with E-state index in [1.807, 2.05) is 0 Å². The van der Waals surface area contributed by atoms with Crippen LogP contribution in [0.3, 0.4) is 0 Å². The molecule has 6 atom stereocenters. The second-order valence-corrected chi connectivity index (χ2v) is 7.99. The average molecular weight is 287 g/mol. The summed E-state index contributed by atoms with van der Waals surface area (Å²) < 4.78 is 0. The van der Waals surface area contributed by atoms with Crippen molar-refractivity contribution in [3.63, 3.8) is 0 Å². The first kappa shape index (κ1) is 13.7. The van der Waals surface area contributed by atoms with Gasteiger partial charge in [0.25, 0.3) is 0 Å². The summed E-state index contributed by atoms with van der Waals surface area (Å²) in [5.41, 5.74) is 1.50. The van der Waals surface area contributed by atoms with Crippen molar-refractivity contribution >= 4 is 5.78 Å². The predicted molar refractivity (Wildman–Crippen MR) is 81.7 cm³/mol. The van der Waals surface area contributed by atoms with E-state index in [1.54, 1.807) is 0 Å². The number of carbonyl (C=O) groups is 1. The molecule has 0 aliphatic heterocycles. The lowest BCUT2D eigenvalue weighted by Gasteiger charge is -2.52. The van der Waals surface area contributed by atoms with Gasteiger partial charge >= 0.3 is 0 Å². The molecule has 0 saturated heterocycles. The zero-order valence-electron chi connectivity index (χ0n) is 12.9. The first-order chi connectivity index (χ1) is 10.1. The lowest BCUT2D eigenvalue weighted by atomic mass is 9.52. The molecule has 0 aromatic carbocycles. The molecule has 5 unspecified atom stereocenters. The standard InChI is InChI=1S/C18H25NO2/c1-18-9-8-14-13-5-3-12(19-21)10-11(13)2-4-15(14)16(18)6-7-17(18)20/h10,12-16H,2-9H2,1H3/t12?,13?,14?,15?,16?,18-/m0/s1. The molecular weight excluding hydrogens is 262 g/mol. The Hall–Kier alpha value is -0.990. The highest BCUT2D eigenvalue weighted by molar-refractivity contribution is 5.87. The molecule has 0 amide bonds. The van der Waals surface area contributed by atoms with Crippen molar-refractivity contribution in [2.75, 3.05) is 0 Å². The summed E-state index contributed by atoms with van der Waals surface area (Å²) in [6.07, 6.45) is 10.9. The van der Waals surface area contributed by atoms with Crippen molar-refractivity contribution in [2.24, 2.45) is 34.3 Å². The first-order valence-electron chi connectivity index (χ1n) is 8.70. The molecule has 0 radical (unpaired) electrons. The van der Waals surface area contributed by atoms with E-state index in [1.165, 1.54) is 18.4 Å². The summed E-state index contributed by atoms with van der Waals surface area (Å²) in [7, 11) is 0.